The first kappa shape index (κ1) is 20.6. The maximum Gasteiger partial charge on any atom is 0.263 e. The van der Waals surface area contributed by atoms with Crippen LogP contribution in [0.25, 0.3) is 11.5 Å². The van der Waals surface area contributed by atoms with Crippen molar-refractivity contribution >= 4 is 5.91 Å². The molecule has 9 heteroatoms. The van der Waals surface area contributed by atoms with E-state index < -0.39 is 11.9 Å². The molecule has 1 fully saturated rings. The van der Waals surface area contributed by atoms with Crippen LogP contribution in [0.4, 0.5) is 4.39 Å². The van der Waals surface area contributed by atoms with Gasteiger partial charge >= 0.3 is 0 Å². The van der Waals surface area contributed by atoms with Crippen molar-refractivity contribution in [1.82, 2.24) is 24.8 Å². The van der Waals surface area contributed by atoms with Crippen LogP contribution in [0.3, 0.4) is 0 Å². The number of nitrogens with one attached hydrogen (secondary N) is 1. The molecule has 0 aliphatic carbocycles. The number of ether oxygens (including phenoxy) is 1. The summed E-state index contributed by atoms with van der Waals surface area (Å²) in [6.45, 7) is 2.70. The number of rotatable bonds is 5. The number of piperidine rings is 1. The second-order valence-electron chi connectivity index (χ2n) is 7.43. The highest BCUT2D eigenvalue weighted by Crippen LogP contribution is 2.27. The van der Waals surface area contributed by atoms with Crippen molar-refractivity contribution in [3.63, 3.8) is 0 Å². The van der Waals surface area contributed by atoms with Gasteiger partial charge in [-0.05, 0) is 31.9 Å². The summed E-state index contributed by atoms with van der Waals surface area (Å²) in [6.07, 6.45) is 5.27. The van der Waals surface area contributed by atoms with E-state index in [0.29, 0.717) is 48.9 Å². The van der Waals surface area contributed by atoms with E-state index in [1.165, 1.54) is 24.3 Å². The molecule has 0 saturated carbocycles. The van der Waals surface area contributed by atoms with E-state index >= 15 is 0 Å². The summed E-state index contributed by atoms with van der Waals surface area (Å²) in [6, 6.07) is 7.23. The van der Waals surface area contributed by atoms with Crippen molar-refractivity contribution in [3.05, 3.63) is 70.8 Å². The minimum Gasteiger partial charge on any atom is -0.481 e. The Labute approximate surface area is 178 Å². The molecular formula is C22H22FN5O3. The van der Waals surface area contributed by atoms with Gasteiger partial charge in [-0.1, -0.05) is 6.07 Å². The average Bonchev–Trinajstić information content (AvgIpc) is 2.79. The van der Waals surface area contributed by atoms with Crippen molar-refractivity contribution in [2.75, 3.05) is 13.1 Å². The van der Waals surface area contributed by atoms with Gasteiger partial charge in [0.1, 0.15) is 17.3 Å². The molecule has 0 radical (unpaired) electrons. The summed E-state index contributed by atoms with van der Waals surface area (Å²) in [5.74, 6) is 0.193. The Morgan fingerprint density at radius 3 is 2.77 bits per heavy atom. The summed E-state index contributed by atoms with van der Waals surface area (Å²) < 4.78 is 18.9. The Balaban J connectivity index is 1.40. The van der Waals surface area contributed by atoms with Gasteiger partial charge in [0.2, 0.25) is 0 Å². The monoisotopic (exact) mass is 423 g/mol. The predicted octanol–water partition coefficient (Wildman–Crippen LogP) is 2.54. The van der Waals surface area contributed by atoms with Gasteiger partial charge in [0.15, 0.2) is 11.9 Å². The first-order chi connectivity index (χ1) is 15.0. The van der Waals surface area contributed by atoms with Gasteiger partial charge in [-0.3, -0.25) is 14.6 Å². The number of hydrogen-bond donors (Lipinski definition) is 1. The number of aromatic amines is 1. The summed E-state index contributed by atoms with van der Waals surface area (Å²) in [5.41, 5.74) is 0.930. The van der Waals surface area contributed by atoms with Crippen LogP contribution >= 0.6 is 0 Å². The van der Waals surface area contributed by atoms with Crippen molar-refractivity contribution in [3.8, 4) is 17.3 Å². The summed E-state index contributed by atoms with van der Waals surface area (Å²) in [5, 5.41) is 0. The minimum absolute atomic E-state index is 0.0567. The standard InChI is InChI=1S/C22H22FN5O3/c1-14(31-17-4-2-3-16(23)11-17)22(30)28-9-5-15(6-10-28)18-12-20(29)27-21(26-18)19-13-24-7-8-25-19/h2-4,7-8,11-15H,5-6,9-10H2,1H3,(H,26,27,29)/t14-/m1/s1. The zero-order chi connectivity index (χ0) is 21.8. The highest BCUT2D eigenvalue weighted by atomic mass is 19.1. The molecular weight excluding hydrogens is 401 g/mol. The fraction of sp³-hybridized carbons (Fsp3) is 0.318. The number of nitrogens with zero attached hydrogens (tertiary/aromatic N) is 4. The molecule has 1 aromatic carbocycles. The number of halogens is 1. The first-order valence-electron chi connectivity index (χ1n) is 10.1. The SMILES string of the molecule is C[C@@H](Oc1cccc(F)c1)C(=O)N1CCC(c2cc(=O)[nH]c(-c3cnccn3)n2)CC1. The van der Waals surface area contributed by atoms with Crippen LogP contribution in [0.2, 0.25) is 0 Å². The van der Waals surface area contributed by atoms with Crippen molar-refractivity contribution in [2.45, 2.75) is 31.8 Å². The van der Waals surface area contributed by atoms with Crippen LogP contribution in [0.1, 0.15) is 31.4 Å². The van der Waals surface area contributed by atoms with Crippen LogP contribution in [0.15, 0.2) is 53.7 Å². The summed E-state index contributed by atoms with van der Waals surface area (Å²) in [4.78, 5) is 42.1. The third kappa shape index (κ3) is 4.93. The number of aromatic nitrogens is 4. The normalized spacial score (nSPS) is 15.5. The molecule has 4 rings (SSSR count). The van der Waals surface area contributed by atoms with Crippen LogP contribution < -0.4 is 10.3 Å². The van der Waals surface area contributed by atoms with Gasteiger partial charge in [-0.2, -0.15) is 0 Å². The van der Waals surface area contributed by atoms with Gasteiger partial charge in [0.25, 0.3) is 11.5 Å². The maximum absolute atomic E-state index is 13.3. The zero-order valence-electron chi connectivity index (χ0n) is 17.0. The van der Waals surface area contributed by atoms with Crippen LogP contribution in [0, 0.1) is 5.82 Å². The van der Waals surface area contributed by atoms with Gasteiger partial charge in [0, 0.05) is 43.5 Å². The second kappa shape index (κ2) is 9.03. The summed E-state index contributed by atoms with van der Waals surface area (Å²) >= 11 is 0. The first-order valence-corrected chi connectivity index (χ1v) is 10.1. The lowest BCUT2D eigenvalue weighted by Crippen LogP contribution is -2.44. The third-order valence-electron chi connectivity index (χ3n) is 5.25. The molecule has 160 valence electrons. The average molecular weight is 423 g/mol. The smallest absolute Gasteiger partial charge is 0.263 e. The highest BCUT2D eigenvalue weighted by molar-refractivity contribution is 5.81. The quantitative estimate of drug-likeness (QED) is 0.677. The number of amides is 1. The van der Waals surface area contributed by atoms with Gasteiger partial charge in [0.05, 0.1) is 11.9 Å². The van der Waals surface area contributed by atoms with Crippen molar-refractivity contribution in [2.24, 2.45) is 0 Å². The number of hydrogen-bond acceptors (Lipinski definition) is 6. The van der Waals surface area contributed by atoms with Gasteiger partial charge in [-0.25, -0.2) is 14.4 Å². The van der Waals surface area contributed by atoms with Crippen LogP contribution in [0.5, 0.6) is 5.75 Å². The molecule has 3 heterocycles. The third-order valence-corrected chi connectivity index (χ3v) is 5.25. The molecule has 8 nitrogen and oxygen atoms in total. The molecule has 1 saturated heterocycles. The van der Waals surface area contributed by atoms with E-state index in [-0.39, 0.29) is 17.4 Å². The molecule has 1 atom stereocenters. The number of benzene rings is 1. The molecule has 1 aliphatic rings. The fourth-order valence-electron chi connectivity index (χ4n) is 3.68. The molecule has 0 spiro atoms. The minimum atomic E-state index is -0.723. The van der Waals surface area contributed by atoms with E-state index in [1.807, 2.05) is 0 Å². The Morgan fingerprint density at radius 1 is 1.26 bits per heavy atom. The van der Waals surface area contributed by atoms with E-state index in [4.69, 9.17) is 4.74 Å². The van der Waals surface area contributed by atoms with E-state index in [0.717, 1.165) is 0 Å². The molecule has 1 aliphatic heterocycles. The molecule has 0 bridgehead atoms. The Morgan fingerprint density at radius 2 is 2.06 bits per heavy atom. The topological polar surface area (TPSA) is 101 Å². The van der Waals surface area contributed by atoms with E-state index in [9.17, 15) is 14.0 Å². The zero-order valence-corrected chi connectivity index (χ0v) is 17.0. The Hall–Kier alpha value is -3.62. The van der Waals surface area contributed by atoms with Gasteiger partial charge in [-0.15, -0.1) is 0 Å². The van der Waals surface area contributed by atoms with Gasteiger partial charge < -0.3 is 14.6 Å². The number of H-pyrrole nitrogens is 1. The lowest BCUT2D eigenvalue weighted by atomic mass is 9.93. The lowest BCUT2D eigenvalue weighted by molar-refractivity contribution is -0.139. The second-order valence-corrected chi connectivity index (χ2v) is 7.43. The van der Waals surface area contributed by atoms with Crippen molar-refractivity contribution in [1.29, 1.82) is 0 Å². The van der Waals surface area contributed by atoms with Crippen LogP contribution in [-0.4, -0.2) is 49.9 Å². The Bertz CT molecular complexity index is 1110. The molecule has 1 amide bonds. The molecule has 0 unspecified atom stereocenters. The Kier molecular flexibility index (Phi) is 6.01. The molecule has 3 aromatic rings. The van der Waals surface area contributed by atoms with Crippen molar-refractivity contribution < 1.29 is 13.9 Å². The lowest BCUT2D eigenvalue weighted by Gasteiger charge is -2.33. The maximum atomic E-state index is 13.3. The number of carbonyl (C=O) groups excluding carboxylic acids is 1. The summed E-state index contributed by atoms with van der Waals surface area (Å²) in [7, 11) is 0. The molecule has 31 heavy (non-hydrogen) atoms. The number of likely N-dealkylation sites (tertiary alicyclic amines) is 1. The molecule has 1 N–H and O–H groups in total. The molecule has 2 aromatic heterocycles. The fourth-order valence-corrected chi connectivity index (χ4v) is 3.68. The van der Waals surface area contributed by atoms with Crippen LogP contribution in [-0.2, 0) is 4.79 Å². The van der Waals surface area contributed by atoms with E-state index in [2.05, 4.69) is 19.9 Å². The van der Waals surface area contributed by atoms with E-state index in [1.54, 1.807) is 36.5 Å². The predicted molar refractivity (Wildman–Crippen MR) is 111 cm³/mol. The highest BCUT2D eigenvalue weighted by Gasteiger charge is 2.28. The number of carbonyl (C=O) groups is 1. The largest absolute Gasteiger partial charge is 0.481 e.